The minimum Gasteiger partial charge on any atom is -0.487 e. The Balaban J connectivity index is 2.01. The second-order valence-corrected chi connectivity index (χ2v) is 9.44. The van der Waals surface area contributed by atoms with E-state index in [0.717, 1.165) is 11.4 Å². The van der Waals surface area contributed by atoms with Crippen LogP contribution in [-0.4, -0.2) is 0 Å². The van der Waals surface area contributed by atoms with Gasteiger partial charge in [0.25, 0.3) is 0 Å². The molecule has 0 N–H and O–H groups in total. The summed E-state index contributed by atoms with van der Waals surface area (Å²) in [6.07, 6.45) is 0. The van der Waals surface area contributed by atoms with Gasteiger partial charge in [0.05, 0.1) is 17.1 Å². The zero-order chi connectivity index (χ0) is 20.9. The molecule has 3 aromatic carbocycles. The Hall–Kier alpha value is -2.74. The van der Waals surface area contributed by atoms with Crippen LogP contribution in [0.1, 0.15) is 54.2 Å². The van der Waals surface area contributed by atoms with Crippen LogP contribution in [0.3, 0.4) is 0 Å². The SMILES string of the molecule is Cc1ccc2c(c1)COc1cc(C)ccc1N2c1c(C)cc(C(C)(C)C)cc1C. The van der Waals surface area contributed by atoms with E-state index in [1.807, 2.05) is 0 Å². The Bertz CT molecular complexity index is 1010. The number of ether oxygens (including phenoxy) is 1. The largest absolute Gasteiger partial charge is 0.487 e. The first-order valence-electron chi connectivity index (χ1n) is 10.4. The van der Waals surface area contributed by atoms with Gasteiger partial charge in [0, 0.05) is 5.56 Å². The smallest absolute Gasteiger partial charge is 0.144 e. The summed E-state index contributed by atoms with van der Waals surface area (Å²) in [5, 5.41) is 0. The first-order valence-corrected chi connectivity index (χ1v) is 10.4. The fourth-order valence-electron chi connectivity index (χ4n) is 4.24. The summed E-state index contributed by atoms with van der Waals surface area (Å²) in [7, 11) is 0. The van der Waals surface area contributed by atoms with E-state index in [4.69, 9.17) is 4.74 Å². The van der Waals surface area contributed by atoms with Crippen LogP contribution in [0.5, 0.6) is 5.75 Å². The lowest BCUT2D eigenvalue weighted by atomic mass is 9.84. The van der Waals surface area contributed by atoms with Crippen LogP contribution in [0, 0.1) is 27.7 Å². The van der Waals surface area contributed by atoms with Gasteiger partial charge in [0.1, 0.15) is 12.4 Å². The maximum atomic E-state index is 6.28. The van der Waals surface area contributed by atoms with Crippen LogP contribution in [0.2, 0.25) is 0 Å². The lowest BCUT2D eigenvalue weighted by Gasteiger charge is -2.31. The molecular weight excluding hydrogens is 354 g/mol. The molecule has 0 aliphatic carbocycles. The van der Waals surface area contributed by atoms with Gasteiger partial charge in [-0.25, -0.2) is 0 Å². The average molecular weight is 386 g/mol. The highest BCUT2D eigenvalue weighted by molar-refractivity contribution is 5.85. The second kappa shape index (κ2) is 6.95. The second-order valence-electron chi connectivity index (χ2n) is 9.44. The molecule has 0 fully saturated rings. The number of hydrogen-bond donors (Lipinski definition) is 0. The molecule has 1 heterocycles. The summed E-state index contributed by atoms with van der Waals surface area (Å²) in [5.74, 6) is 0.942. The number of nitrogens with zero attached hydrogens (tertiary/aromatic N) is 1. The predicted molar refractivity (Wildman–Crippen MR) is 123 cm³/mol. The van der Waals surface area contributed by atoms with Gasteiger partial charge < -0.3 is 9.64 Å². The maximum absolute atomic E-state index is 6.28. The van der Waals surface area contributed by atoms with E-state index in [-0.39, 0.29) is 5.41 Å². The molecule has 0 spiro atoms. The molecule has 4 rings (SSSR count). The first-order chi connectivity index (χ1) is 13.6. The molecule has 0 aromatic heterocycles. The standard InChI is InChI=1S/C27H31NO/c1-17-8-10-23-21(12-17)16-29-25-13-18(2)9-11-24(25)28(23)26-19(3)14-22(15-20(26)4)27(5,6)7/h8-15H,16H2,1-7H3. The van der Waals surface area contributed by atoms with E-state index in [9.17, 15) is 0 Å². The summed E-state index contributed by atoms with van der Waals surface area (Å²) in [4.78, 5) is 2.40. The summed E-state index contributed by atoms with van der Waals surface area (Å²) < 4.78 is 6.28. The molecule has 29 heavy (non-hydrogen) atoms. The number of rotatable bonds is 1. The third-order valence-corrected chi connectivity index (χ3v) is 5.80. The zero-order valence-corrected chi connectivity index (χ0v) is 18.7. The number of hydrogen-bond acceptors (Lipinski definition) is 2. The molecule has 2 nitrogen and oxygen atoms in total. The molecule has 0 atom stereocenters. The van der Waals surface area contributed by atoms with Crippen molar-refractivity contribution in [3.63, 3.8) is 0 Å². The first kappa shape index (κ1) is 19.6. The number of aryl methyl sites for hydroxylation is 4. The van der Waals surface area contributed by atoms with Crippen molar-refractivity contribution in [2.75, 3.05) is 4.90 Å². The molecule has 0 saturated carbocycles. The van der Waals surface area contributed by atoms with Gasteiger partial charge in [-0.3, -0.25) is 0 Å². The summed E-state index contributed by atoms with van der Waals surface area (Å²) in [6.45, 7) is 16.1. The van der Waals surface area contributed by atoms with Crippen molar-refractivity contribution in [1.29, 1.82) is 0 Å². The maximum Gasteiger partial charge on any atom is 0.144 e. The average Bonchev–Trinajstić information content (AvgIpc) is 2.77. The van der Waals surface area contributed by atoms with Crippen LogP contribution in [-0.2, 0) is 12.0 Å². The Morgan fingerprint density at radius 1 is 0.759 bits per heavy atom. The van der Waals surface area contributed by atoms with Crippen molar-refractivity contribution >= 4 is 17.1 Å². The molecule has 0 radical (unpaired) electrons. The molecule has 1 aliphatic heterocycles. The van der Waals surface area contributed by atoms with E-state index in [0.29, 0.717) is 6.61 Å². The van der Waals surface area contributed by atoms with Crippen molar-refractivity contribution in [2.45, 2.75) is 60.5 Å². The minimum atomic E-state index is 0.125. The normalized spacial score (nSPS) is 13.4. The third kappa shape index (κ3) is 3.53. The van der Waals surface area contributed by atoms with Crippen LogP contribution in [0.15, 0.2) is 48.5 Å². The molecular formula is C27H31NO. The summed E-state index contributed by atoms with van der Waals surface area (Å²) >= 11 is 0. The lowest BCUT2D eigenvalue weighted by Crippen LogP contribution is -2.16. The molecule has 0 amide bonds. The molecule has 1 aliphatic rings. The van der Waals surface area contributed by atoms with Crippen LogP contribution in [0.4, 0.5) is 17.1 Å². The quantitative estimate of drug-likeness (QED) is 0.428. The fraction of sp³-hybridized carbons (Fsp3) is 0.333. The third-order valence-electron chi connectivity index (χ3n) is 5.80. The fourth-order valence-corrected chi connectivity index (χ4v) is 4.24. The summed E-state index contributed by atoms with van der Waals surface area (Å²) in [5.41, 5.74) is 11.3. The Morgan fingerprint density at radius 3 is 1.97 bits per heavy atom. The van der Waals surface area contributed by atoms with E-state index in [2.05, 4.69) is 102 Å². The molecule has 0 unspecified atom stereocenters. The van der Waals surface area contributed by atoms with Gasteiger partial charge in [0.2, 0.25) is 0 Å². The van der Waals surface area contributed by atoms with Crippen LogP contribution in [0.25, 0.3) is 0 Å². The van der Waals surface area contributed by atoms with Crippen molar-refractivity contribution in [2.24, 2.45) is 0 Å². The van der Waals surface area contributed by atoms with E-state index in [1.165, 1.54) is 44.8 Å². The van der Waals surface area contributed by atoms with Crippen molar-refractivity contribution in [1.82, 2.24) is 0 Å². The molecule has 0 bridgehead atoms. The number of fused-ring (bicyclic) bond motifs is 2. The molecule has 0 saturated heterocycles. The van der Waals surface area contributed by atoms with Crippen molar-refractivity contribution < 1.29 is 4.74 Å². The van der Waals surface area contributed by atoms with E-state index < -0.39 is 0 Å². The van der Waals surface area contributed by atoms with Gasteiger partial charge in [-0.05, 0) is 73.6 Å². The minimum absolute atomic E-state index is 0.125. The Morgan fingerprint density at radius 2 is 1.34 bits per heavy atom. The van der Waals surface area contributed by atoms with Gasteiger partial charge in [0.15, 0.2) is 0 Å². The van der Waals surface area contributed by atoms with Crippen LogP contribution >= 0.6 is 0 Å². The van der Waals surface area contributed by atoms with Gasteiger partial charge >= 0.3 is 0 Å². The monoisotopic (exact) mass is 385 g/mol. The number of benzene rings is 3. The number of anilines is 3. The van der Waals surface area contributed by atoms with Gasteiger partial charge in [-0.1, -0.05) is 56.7 Å². The molecule has 2 heteroatoms. The van der Waals surface area contributed by atoms with E-state index >= 15 is 0 Å². The van der Waals surface area contributed by atoms with Crippen molar-refractivity contribution in [3.05, 3.63) is 81.9 Å². The highest BCUT2D eigenvalue weighted by Crippen LogP contribution is 2.47. The zero-order valence-electron chi connectivity index (χ0n) is 18.7. The highest BCUT2D eigenvalue weighted by Gasteiger charge is 2.27. The van der Waals surface area contributed by atoms with Gasteiger partial charge in [-0.2, -0.15) is 0 Å². The topological polar surface area (TPSA) is 12.5 Å². The molecule has 3 aromatic rings. The van der Waals surface area contributed by atoms with Crippen molar-refractivity contribution in [3.8, 4) is 5.75 Å². The van der Waals surface area contributed by atoms with Gasteiger partial charge in [-0.15, -0.1) is 0 Å². The highest BCUT2D eigenvalue weighted by atomic mass is 16.5. The van der Waals surface area contributed by atoms with E-state index in [1.54, 1.807) is 0 Å². The van der Waals surface area contributed by atoms with Crippen LogP contribution < -0.4 is 9.64 Å². The summed E-state index contributed by atoms with van der Waals surface area (Å²) in [6, 6.07) is 17.9. The predicted octanol–water partition coefficient (Wildman–Crippen LogP) is 7.58. The lowest BCUT2D eigenvalue weighted by molar-refractivity contribution is 0.310. The Labute approximate surface area is 175 Å². The molecule has 150 valence electrons. The Kier molecular flexibility index (Phi) is 4.69.